The van der Waals surface area contributed by atoms with Gasteiger partial charge in [0.25, 0.3) is 0 Å². The molecule has 1 aliphatic carbocycles. The van der Waals surface area contributed by atoms with E-state index >= 15 is 0 Å². The second-order valence-corrected chi connectivity index (χ2v) is 21.0. The third-order valence-corrected chi connectivity index (χ3v) is 16.2. The van der Waals surface area contributed by atoms with E-state index in [1.54, 1.807) is 11.0 Å². The third kappa shape index (κ3) is 5.92. The van der Waals surface area contributed by atoms with Crippen LogP contribution in [0.25, 0.3) is 0 Å². The van der Waals surface area contributed by atoms with Crippen LogP contribution in [0, 0.1) is 5.92 Å². The number of hydrogen-bond acceptors (Lipinski definition) is 2. The van der Waals surface area contributed by atoms with Crippen LogP contribution in [0.5, 0.6) is 11.5 Å². The van der Waals surface area contributed by atoms with Crippen LogP contribution in [0.2, 0.25) is 13.1 Å². The van der Waals surface area contributed by atoms with Crippen LogP contribution in [0.4, 0.5) is 0 Å². The average molecular weight is 480 g/mol. The summed E-state index contributed by atoms with van der Waals surface area (Å²) in [6.45, 7) is 20.0. The molecule has 159 valence electrons. The van der Waals surface area contributed by atoms with Crippen molar-refractivity contribution in [3.8, 4) is 11.5 Å². The smallest absolute Gasteiger partial charge is 0.147 e. The first-order valence-electron chi connectivity index (χ1n) is 9.60. The van der Waals surface area contributed by atoms with Crippen molar-refractivity contribution in [2.75, 3.05) is 7.11 Å². The minimum Gasteiger partial charge on any atom is -0.147 e. The third-order valence-electron chi connectivity index (χ3n) is 5.64. The van der Waals surface area contributed by atoms with Gasteiger partial charge in [-0.15, -0.1) is 24.8 Å². The minimum atomic E-state index is -1.80. The molecule has 1 atom stereocenters. The van der Waals surface area contributed by atoms with Crippen LogP contribution in [0.3, 0.4) is 0 Å². The minimum absolute atomic E-state index is 0. The summed E-state index contributed by atoms with van der Waals surface area (Å²) in [5.41, 5.74) is 5.86. The molecule has 0 bridgehead atoms. The molecule has 0 saturated heterocycles. The van der Waals surface area contributed by atoms with Gasteiger partial charge in [-0.25, -0.2) is 0 Å². The van der Waals surface area contributed by atoms with Gasteiger partial charge in [-0.1, -0.05) is 0 Å². The van der Waals surface area contributed by atoms with Crippen LogP contribution in [-0.4, -0.2) is 13.8 Å². The summed E-state index contributed by atoms with van der Waals surface area (Å²) in [5.74, 6) is 2.44. The van der Waals surface area contributed by atoms with E-state index in [4.69, 9.17) is 8.06 Å². The van der Waals surface area contributed by atoms with Crippen LogP contribution < -0.4 is 8.06 Å². The summed E-state index contributed by atoms with van der Waals surface area (Å²) in [5, 5.41) is 0. The van der Waals surface area contributed by atoms with Gasteiger partial charge in [0.1, 0.15) is 0 Å². The number of halogens is 2. The largest absolute Gasteiger partial charge is 0.147 e. The number of benzene rings is 1. The molecule has 28 heavy (non-hydrogen) atoms. The maximum absolute atomic E-state index is 6.84. The summed E-state index contributed by atoms with van der Waals surface area (Å²) in [4.78, 5) is 0. The molecule has 0 amide bonds. The molecule has 0 saturated carbocycles. The molecular formula is C22H37Cl2O2SiTi. The van der Waals surface area contributed by atoms with Crippen LogP contribution in [0.15, 0.2) is 38.8 Å². The van der Waals surface area contributed by atoms with Crippen molar-refractivity contribution in [3.63, 3.8) is 0 Å². The summed E-state index contributed by atoms with van der Waals surface area (Å²) in [6.07, 6.45) is 0. The number of rotatable bonds is 5. The maximum Gasteiger partial charge on any atom is -0.147 e. The van der Waals surface area contributed by atoms with Gasteiger partial charge in [0.05, 0.1) is 0 Å². The van der Waals surface area contributed by atoms with Gasteiger partial charge in [-0.2, -0.15) is 0 Å². The Hall–Kier alpha value is -0.189. The van der Waals surface area contributed by atoms with Crippen molar-refractivity contribution in [2.45, 2.75) is 67.0 Å². The fourth-order valence-electron chi connectivity index (χ4n) is 3.55. The summed E-state index contributed by atoms with van der Waals surface area (Å²) in [6, 6.07) is 6.44. The van der Waals surface area contributed by atoms with Crippen molar-refractivity contribution in [1.82, 2.24) is 0 Å². The van der Waals surface area contributed by atoms with E-state index in [1.807, 2.05) is 0 Å². The van der Waals surface area contributed by atoms with Gasteiger partial charge in [-0.3, -0.25) is 0 Å². The molecule has 0 spiro atoms. The number of ether oxygens (including phenoxy) is 1. The van der Waals surface area contributed by atoms with Crippen molar-refractivity contribution >= 4 is 31.5 Å². The SMILES string of the molecule is COc1cc([O][Ti]([C]2=C(C)C(C)=C(C)C2C)[SiH](C)C)cc(C(C)(C)C)c1.Cl.Cl. The predicted molar refractivity (Wildman–Crippen MR) is 126 cm³/mol. The Labute approximate surface area is 192 Å². The van der Waals surface area contributed by atoms with Crippen LogP contribution >= 0.6 is 24.8 Å². The molecule has 2 nitrogen and oxygen atoms in total. The maximum atomic E-state index is 6.84. The van der Waals surface area contributed by atoms with Crippen molar-refractivity contribution < 1.29 is 25.6 Å². The first-order valence-corrected chi connectivity index (χ1v) is 16.6. The molecule has 1 aromatic carbocycles. The standard InChI is InChI=1S/C11H16O2.C9H13.C2H7Si.2ClH.Ti/c1-11(2,3)8-5-9(12)7-10(6-8)13-4;1-6-5-7(2)9(4)8(6)3;1-3-2;;;/h5-7,12H,1-4H3;6H,1-4H3;3H,1-2H3;2*1H;/q;;;;;+1/p-1. The zero-order valence-corrected chi connectivity index (χ0v) is 23.4. The fourth-order valence-corrected chi connectivity index (χ4v) is 13.5. The van der Waals surface area contributed by atoms with Gasteiger partial charge in [0.2, 0.25) is 0 Å². The zero-order chi connectivity index (χ0) is 19.8. The summed E-state index contributed by atoms with van der Waals surface area (Å²) in [7, 11) is 1.74. The normalized spacial score (nSPS) is 16.8. The summed E-state index contributed by atoms with van der Waals surface area (Å²) < 4.78 is 14.1. The van der Waals surface area contributed by atoms with Crippen LogP contribution in [0.1, 0.15) is 54.0 Å². The van der Waals surface area contributed by atoms with E-state index in [0.717, 1.165) is 11.5 Å². The Morgan fingerprint density at radius 1 is 0.929 bits per heavy atom. The molecule has 1 aromatic rings. The van der Waals surface area contributed by atoms with Crippen molar-refractivity contribution in [2.24, 2.45) is 5.92 Å². The quantitative estimate of drug-likeness (QED) is 0.423. The number of hydrogen-bond donors (Lipinski definition) is 0. The van der Waals surface area contributed by atoms with Crippen molar-refractivity contribution in [3.05, 3.63) is 44.4 Å². The number of allylic oxidation sites excluding steroid dienone is 4. The van der Waals surface area contributed by atoms with Crippen LogP contribution in [-0.2, 0) is 22.9 Å². The topological polar surface area (TPSA) is 18.5 Å². The summed E-state index contributed by atoms with van der Waals surface area (Å²) >= 11 is -1.80. The molecule has 6 heteroatoms. The molecule has 2 rings (SSSR count). The molecule has 0 N–H and O–H groups in total. The van der Waals surface area contributed by atoms with Gasteiger partial charge >= 0.3 is 168 Å². The van der Waals surface area contributed by atoms with E-state index in [0.29, 0.717) is 5.92 Å². The molecule has 0 heterocycles. The number of methoxy groups -OCH3 is 1. The molecule has 0 aromatic heterocycles. The first kappa shape index (κ1) is 27.8. The van der Waals surface area contributed by atoms with E-state index in [2.05, 4.69) is 79.8 Å². The van der Waals surface area contributed by atoms with E-state index in [1.165, 1.54) is 22.3 Å². The van der Waals surface area contributed by atoms with Crippen molar-refractivity contribution in [1.29, 1.82) is 0 Å². The Morgan fingerprint density at radius 3 is 1.86 bits per heavy atom. The van der Waals surface area contributed by atoms with Gasteiger partial charge in [-0.05, 0) is 0 Å². The Kier molecular flexibility index (Phi) is 10.7. The molecule has 1 unspecified atom stereocenters. The molecule has 0 aliphatic heterocycles. The van der Waals surface area contributed by atoms with E-state index in [9.17, 15) is 0 Å². The molecule has 1 aliphatic rings. The zero-order valence-electron chi connectivity index (χ0n) is 19.0. The van der Waals surface area contributed by atoms with Gasteiger partial charge < -0.3 is 0 Å². The first-order chi connectivity index (χ1) is 12.0. The Bertz CT molecular complexity index is 751. The molecule has 0 fully saturated rings. The monoisotopic (exact) mass is 479 g/mol. The Morgan fingerprint density at radius 2 is 1.46 bits per heavy atom. The fraction of sp³-hybridized carbons (Fsp3) is 0.545. The molecular weight excluding hydrogens is 443 g/mol. The Balaban J connectivity index is 0.00000364. The van der Waals surface area contributed by atoms with E-state index < -0.39 is 24.2 Å². The average Bonchev–Trinajstić information content (AvgIpc) is 2.75. The van der Waals surface area contributed by atoms with Gasteiger partial charge in [0, 0.05) is 0 Å². The second-order valence-electron chi connectivity index (χ2n) is 8.84. The van der Waals surface area contributed by atoms with E-state index in [-0.39, 0.29) is 30.2 Å². The second kappa shape index (κ2) is 10.7. The molecule has 0 radical (unpaired) electrons. The van der Waals surface area contributed by atoms with Gasteiger partial charge in [0.15, 0.2) is 0 Å². The predicted octanol–water partition coefficient (Wildman–Crippen LogP) is 6.99.